The van der Waals surface area contributed by atoms with Crippen LogP contribution in [0.5, 0.6) is 0 Å². The first kappa shape index (κ1) is 42.0. The number of hydrogen-bond donors (Lipinski definition) is 0. The van der Waals surface area contributed by atoms with Gasteiger partial charge in [-0.3, -0.25) is 4.99 Å². The van der Waals surface area contributed by atoms with Crippen LogP contribution in [0, 0.1) is 46.3 Å². The van der Waals surface area contributed by atoms with Crippen molar-refractivity contribution in [3.8, 4) is 0 Å². The van der Waals surface area contributed by atoms with E-state index < -0.39 is 0 Å². The van der Waals surface area contributed by atoms with Crippen LogP contribution in [0.4, 0.5) is 0 Å². The lowest BCUT2D eigenvalue weighted by molar-refractivity contribution is -0.0901. The van der Waals surface area contributed by atoms with E-state index in [0.29, 0.717) is 36.2 Å². The highest BCUT2D eigenvalue weighted by atomic mass is 16.5. The molecule has 4 aliphatic carbocycles. The van der Waals surface area contributed by atoms with Crippen molar-refractivity contribution >= 4 is 5.96 Å². The molecule has 5 rings (SSSR count). The van der Waals surface area contributed by atoms with E-state index in [1.54, 1.807) is 5.57 Å². The second-order valence-corrected chi connectivity index (χ2v) is 20.7. The number of rotatable bonds is 18. The highest BCUT2D eigenvalue weighted by molar-refractivity contribution is 5.81. The molecular weight excluding hydrogens is 643 g/mol. The highest BCUT2D eigenvalue weighted by Gasteiger charge is 2.59. The number of likely N-dealkylation sites (N-methyl/N-ethyl adjacent to an activating group) is 1. The smallest absolute Gasteiger partial charge is 0.196 e. The minimum atomic E-state index is -0.225. The summed E-state index contributed by atoms with van der Waals surface area (Å²) >= 11 is 0. The molecule has 0 amide bonds. The lowest BCUT2D eigenvalue weighted by atomic mass is 9.47. The number of aliphatic imine (C=N–C) groups is 1. The second kappa shape index (κ2) is 17.4. The molecule has 1 heterocycles. The topological polar surface area (TPSA) is 46.5 Å². The van der Waals surface area contributed by atoms with Gasteiger partial charge < -0.3 is 24.0 Å². The summed E-state index contributed by atoms with van der Waals surface area (Å²) in [6.07, 6.45) is 20.0. The van der Waals surface area contributed by atoms with E-state index in [1.807, 2.05) is 0 Å². The third-order valence-electron chi connectivity index (χ3n) is 15.1. The molecule has 4 fully saturated rings. The minimum Gasteiger partial charge on any atom is -0.378 e. The first-order valence-corrected chi connectivity index (χ1v) is 22.1. The molecule has 3 saturated carbocycles. The SMILES string of the molecule is CC(C)CCCC(C)C1CCC2C3CC=C4CC(OCCC(C)(C)OCCC(C)(C)OCCN5CCN(C)C5=NC(C)C)CC[C@]4(C)C3CC[C@]12C. The van der Waals surface area contributed by atoms with Gasteiger partial charge in [-0.2, -0.15) is 0 Å². The van der Waals surface area contributed by atoms with Crippen molar-refractivity contribution in [3.05, 3.63) is 11.6 Å². The molecule has 0 aromatic heterocycles. The van der Waals surface area contributed by atoms with Crippen LogP contribution < -0.4 is 0 Å². The lowest BCUT2D eigenvalue weighted by Crippen LogP contribution is -2.51. The maximum atomic E-state index is 6.65. The van der Waals surface area contributed by atoms with Crippen molar-refractivity contribution < 1.29 is 14.2 Å². The van der Waals surface area contributed by atoms with Crippen LogP contribution >= 0.6 is 0 Å². The molecule has 0 radical (unpaired) electrons. The van der Waals surface area contributed by atoms with Crippen molar-refractivity contribution in [1.82, 2.24) is 9.80 Å². The van der Waals surface area contributed by atoms with Crippen molar-refractivity contribution in [2.45, 2.75) is 183 Å². The standard InChI is InChI=1S/C46H83N3O3/c1-33(2)14-13-15-35(5)39-18-19-40-38-17-16-36-32-37(20-22-45(36,10)41(38)21-23-46(39,40)11)50-29-24-43(6,7)51-30-25-44(8,9)52-31-28-49-27-26-48(12)42(49)47-34(3)4/h16,33-35,37-41H,13-15,17-32H2,1-12H3/t35?,37?,38?,39?,40?,41?,45-,46+/m0/s1. The van der Waals surface area contributed by atoms with Gasteiger partial charge in [-0.15, -0.1) is 0 Å². The van der Waals surface area contributed by atoms with Gasteiger partial charge in [0.2, 0.25) is 0 Å². The number of guanidine groups is 1. The molecule has 52 heavy (non-hydrogen) atoms. The van der Waals surface area contributed by atoms with Crippen molar-refractivity contribution in [3.63, 3.8) is 0 Å². The number of hydrogen-bond acceptors (Lipinski definition) is 4. The van der Waals surface area contributed by atoms with E-state index in [1.165, 1.54) is 64.2 Å². The van der Waals surface area contributed by atoms with E-state index in [2.05, 4.69) is 99.1 Å². The zero-order chi connectivity index (χ0) is 37.9. The van der Waals surface area contributed by atoms with Crippen molar-refractivity contribution in [2.75, 3.05) is 46.5 Å². The zero-order valence-corrected chi connectivity index (χ0v) is 36.2. The molecule has 1 saturated heterocycles. The largest absolute Gasteiger partial charge is 0.378 e. The summed E-state index contributed by atoms with van der Waals surface area (Å²) in [5.41, 5.74) is 2.26. The average molecular weight is 726 g/mol. The van der Waals surface area contributed by atoms with Gasteiger partial charge in [0.1, 0.15) is 0 Å². The van der Waals surface area contributed by atoms with Crippen molar-refractivity contribution in [2.24, 2.45) is 51.3 Å². The van der Waals surface area contributed by atoms with E-state index in [9.17, 15) is 0 Å². The molecule has 6 unspecified atom stereocenters. The average Bonchev–Trinajstić information content (AvgIpc) is 3.59. The molecule has 0 N–H and O–H groups in total. The first-order valence-electron chi connectivity index (χ1n) is 22.1. The maximum Gasteiger partial charge on any atom is 0.196 e. The summed E-state index contributed by atoms with van der Waals surface area (Å²) < 4.78 is 19.5. The van der Waals surface area contributed by atoms with E-state index >= 15 is 0 Å². The number of nitrogens with zero attached hydrogens (tertiary/aromatic N) is 3. The summed E-state index contributed by atoms with van der Waals surface area (Å²) in [4.78, 5) is 9.44. The molecule has 6 heteroatoms. The Kier molecular flexibility index (Phi) is 14.0. The maximum absolute atomic E-state index is 6.65. The summed E-state index contributed by atoms with van der Waals surface area (Å²) in [6, 6.07) is 0.300. The normalized spacial score (nSPS) is 33.8. The first-order chi connectivity index (χ1) is 24.4. The Morgan fingerprint density at radius 3 is 2.27 bits per heavy atom. The quantitative estimate of drug-likeness (QED) is 0.132. The molecular formula is C46H83N3O3. The van der Waals surface area contributed by atoms with Crippen LogP contribution in [0.1, 0.15) is 160 Å². The van der Waals surface area contributed by atoms with Gasteiger partial charge in [0, 0.05) is 39.3 Å². The van der Waals surface area contributed by atoms with Gasteiger partial charge in [0.05, 0.1) is 30.5 Å². The van der Waals surface area contributed by atoms with Gasteiger partial charge in [-0.05, 0) is 152 Å². The summed E-state index contributed by atoms with van der Waals surface area (Å²) in [5.74, 6) is 6.47. The molecule has 6 nitrogen and oxygen atoms in total. The summed E-state index contributed by atoms with van der Waals surface area (Å²) in [7, 11) is 2.13. The molecule has 5 aliphatic rings. The third kappa shape index (κ3) is 10.00. The number of allylic oxidation sites excluding steroid dienone is 1. The van der Waals surface area contributed by atoms with Crippen LogP contribution in [-0.2, 0) is 14.2 Å². The predicted octanol–water partition coefficient (Wildman–Crippen LogP) is 10.8. The Labute approximate surface area is 321 Å². The Hall–Kier alpha value is -1.11. The van der Waals surface area contributed by atoms with E-state index in [-0.39, 0.29) is 11.2 Å². The number of fused-ring (bicyclic) bond motifs is 5. The van der Waals surface area contributed by atoms with Crippen LogP contribution in [0.3, 0.4) is 0 Å². The molecule has 0 bridgehead atoms. The van der Waals surface area contributed by atoms with E-state index in [0.717, 1.165) is 87.0 Å². The lowest BCUT2D eigenvalue weighted by Gasteiger charge is -2.58. The molecule has 1 aliphatic heterocycles. The fourth-order valence-electron chi connectivity index (χ4n) is 11.8. The molecule has 8 atom stereocenters. The van der Waals surface area contributed by atoms with Crippen LogP contribution in [0.25, 0.3) is 0 Å². The highest BCUT2D eigenvalue weighted by Crippen LogP contribution is 2.67. The van der Waals surface area contributed by atoms with Crippen molar-refractivity contribution in [1.29, 1.82) is 0 Å². The fraction of sp³-hybridized carbons (Fsp3) is 0.935. The molecule has 0 aromatic carbocycles. The van der Waals surface area contributed by atoms with Crippen LogP contribution in [0.2, 0.25) is 0 Å². The van der Waals surface area contributed by atoms with Crippen LogP contribution in [0.15, 0.2) is 16.6 Å². The molecule has 0 spiro atoms. The van der Waals surface area contributed by atoms with Gasteiger partial charge in [0.25, 0.3) is 0 Å². The fourth-order valence-corrected chi connectivity index (χ4v) is 11.8. The molecule has 300 valence electrons. The Balaban J connectivity index is 1.03. The monoisotopic (exact) mass is 726 g/mol. The van der Waals surface area contributed by atoms with Gasteiger partial charge >= 0.3 is 0 Å². The Morgan fingerprint density at radius 1 is 0.846 bits per heavy atom. The zero-order valence-electron chi connectivity index (χ0n) is 36.2. The van der Waals surface area contributed by atoms with Gasteiger partial charge in [-0.1, -0.05) is 65.5 Å². The van der Waals surface area contributed by atoms with E-state index in [4.69, 9.17) is 19.2 Å². The Morgan fingerprint density at radius 2 is 1.56 bits per heavy atom. The second-order valence-electron chi connectivity index (χ2n) is 20.7. The number of ether oxygens (including phenoxy) is 3. The minimum absolute atomic E-state index is 0.210. The van der Waals surface area contributed by atoms with Crippen LogP contribution in [-0.4, -0.2) is 85.6 Å². The Bertz CT molecular complexity index is 1210. The summed E-state index contributed by atoms with van der Waals surface area (Å²) in [6.45, 7) is 31.0. The van der Waals surface area contributed by atoms with Gasteiger partial charge in [0.15, 0.2) is 5.96 Å². The summed E-state index contributed by atoms with van der Waals surface area (Å²) in [5, 5.41) is 0. The predicted molar refractivity (Wildman–Crippen MR) is 219 cm³/mol. The van der Waals surface area contributed by atoms with Gasteiger partial charge in [-0.25, -0.2) is 0 Å². The molecule has 0 aromatic rings. The third-order valence-corrected chi connectivity index (χ3v) is 15.1.